The van der Waals surface area contributed by atoms with E-state index in [9.17, 15) is 14.2 Å². The van der Waals surface area contributed by atoms with E-state index in [0.717, 1.165) is 27.1 Å². The number of nitrogens with zero attached hydrogens (tertiary/aromatic N) is 1. The molecule has 41 heavy (non-hydrogen) atoms. The second-order valence-corrected chi connectivity index (χ2v) is 13.1. The molecule has 6 nitrogen and oxygen atoms in total. The molecule has 0 aliphatic carbocycles. The third kappa shape index (κ3) is 4.29. The molecule has 1 fully saturated rings. The van der Waals surface area contributed by atoms with Crippen LogP contribution in [0, 0.1) is 22.6 Å². The average Bonchev–Trinajstić information content (AvgIpc) is 3.16. The van der Waals surface area contributed by atoms with E-state index in [-0.39, 0.29) is 40.7 Å². The van der Waals surface area contributed by atoms with Gasteiger partial charge in [0.15, 0.2) is 0 Å². The number of hydrogen-bond donors (Lipinski definition) is 0. The zero-order chi connectivity index (χ0) is 28.4. The second kappa shape index (κ2) is 9.46. The predicted molar refractivity (Wildman–Crippen MR) is 158 cm³/mol. The molecule has 0 bridgehead atoms. The maximum atomic E-state index is 14.5. The van der Waals surface area contributed by atoms with Crippen LogP contribution < -0.4 is 20.1 Å². The summed E-state index contributed by atoms with van der Waals surface area (Å²) in [6, 6.07) is 27.1. The Kier molecular flexibility index (Phi) is 5.95. The molecule has 5 aromatic carbocycles. The highest BCUT2D eigenvalue weighted by Gasteiger charge is 2.44. The van der Waals surface area contributed by atoms with Crippen LogP contribution in [0.3, 0.4) is 0 Å². The number of rotatable bonds is 2. The molecule has 0 spiro atoms. The number of nitriles is 1. The Bertz CT molecular complexity index is 1960. The van der Waals surface area contributed by atoms with Crippen LogP contribution in [0.1, 0.15) is 19.4 Å². The molecule has 9 heteroatoms. The summed E-state index contributed by atoms with van der Waals surface area (Å²) in [6.07, 6.45) is 0. The van der Waals surface area contributed by atoms with Crippen molar-refractivity contribution in [2.45, 2.75) is 13.8 Å². The van der Waals surface area contributed by atoms with Crippen LogP contribution in [0.25, 0.3) is 32.7 Å². The van der Waals surface area contributed by atoms with Gasteiger partial charge in [0.2, 0.25) is 0 Å². The van der Waals surface area contributed by atoms with Crippen molar-refractivity contribution in [3.8, 4) is 28.7 Å². The lowest BCUT2D eigenvalue weighted by Gasteiger charge is -2.35. The molecule has 2 heterocycles. The Hall–Kier alpha value is -4.15. The number of hydrogen-bond acceptors (Lipinski definition) is 6. The molecule has 0 amide bonds. The maximum Gasteiger partial charge on any atom is 0.634 e. The Morgan fingerprint density at radius 3 is 2.27 bits per heavy atom. The van der Waals surface area contributed by atoms with Gasteiger partial charge in [-0.15, -0.1) is 0 Å². The summed E-state index contributed by atoms with van der Waals surface area (Å²) < 4.78 is 54.1. The van der Waals surface area contributed by atoms with Gasteiger partial charge >= 0.3 is 14.7 Å². The van der Waals surface area contributed by atoms with Gasteiger partial charge in [0, 0.05) is 22.0 Å². The minimum Gasteiger partial charge on any atom is -0.521 e. The molecule has 0 N–H and O–H groups in total. The monoisotopic (exact) mass is 563 g/mol. The fourth-order valence-corrected chi connectivity index (χ4v) is 7.54. The molecular formula is C32H24BFNO5P. The molecule has 0 atom stereocenters. The van der Waals surface area contributed by atoms with Crippen LogP contribution in [-0.2, 0) is 13.6 Å². The van der Waals surface area contributed by atoms with E-state index >= 15 is 0 Å². The van der Waals surface area contributed by atoms with E-state index in [1.54, 1.807) is 6.07 Å². The fraction of sp³-hybridized carbons (Fsp3) is 0.156. The molecule has 0 saturated carbocycles. The van der Waals surface area contributed by atoms with E-state index in [1.807, 2.05) is 74.5 Å². The van der Waals surface area contributed by atoms with E-state index in [1.165, 1.54) is 18.2 Å². The number of halogens is 1. The quantitative estimate of drug-likeness (QED) is 0.175. The summed E-state index contributed by atoms with van der Waals surface area (Å²) in [6.45, 7) is 4.42. The van der Waals surface area contributed by atoms with Crippen molar-refractivity contribution in [1.29, 1.82) is 5.26 Å². The SMILES string of the molecule is CC1(C)COP(=O)(c2cc3ccccc3c3c2OB(c2cc(F)ccc2C#N)Oc2ccc4ccccc4c2-3)OC1. The first-order chi connectivity index (χ1) is 19.8. The topological polar surface area (TPSA) is 77.8 Å². The van der Waals surface area contributed by atoms with Crippen molar-refractivity contribution < 1.29 is 27.3 Å². The Labute approximate surface area is 236 Å². The van der Waals surface area contributed by atoms with E-state index in [2.05, 4.69) is 6.07 Å². The van der Waals surface area contributed by atoms with Gasteiger partial charge in [0.1, 0.15) is 22.6 Å². The molecule has 0 unspecified atom stereocenters. The van der Waals surface area contributed by atoms with Gasteiger partial charge in [0.05, 0.1) is 24.8 Å². The number of benzene rings is 5. The highest BCUT2D eigenvalue weighted by molar-refractivity contribution is 7.62. The first-order valence-corrected chi connectivity index (χ1v) is 14.8. The van der Waals surface area contributed by atoms with Gasteiger partial charge in [0.25, 0.3) is 0 Å². The maximum absolute atomic E-state index is 14.5. The molecule has 0 aromatic heterocycles. The number of fused-ring (bicyclic) bond motifs is 7. The normalized spacial score (nSPS) is 17.1. The smallest absolute Gasteiger partial charge is 0.521 e. The highest BCUT2D eigenvalue weighted by atomic mass is 31.2. The van der Waals surface area contributed by atoms with Crippen molar-refractivity contribution in [3.63, 3.8) is 0 Å². The van der Waals surface area contributed by atoms with E-state index in [0.29, 0.717) is 11.3 Å². The largest absolute Gasteiger partial charge is 0.634 e. The molecule has 7 rings (SSSR count). The predicted octanol–water partition coefficient (Wildman–Crippen LogP) is 6.73. The van der Waals surface area contributed by atoms with Crippen LogP contribution in [0.15, 0.2) is 84.9 Å². The lowest BCUT2D eigenvalue weighted by atomic mass is 9.75. The molecule has 2 aliphatic heterocycles. The average molecular weight is 563 g/mol. The summed E-state index contributed by atoms with van der Waals surface area (Å²) >= 11 is 0. The molecule has 1 saturated heterocycles. The molecule has 0 radical (unpaired) electrons. The minimum atomic E-state index is -3.87. The molecule has 2 aliphatic rings. The Morgan fingerprint density at radius 1 is 0.854 bits per heavy atom. The standard InChI is InChI=1S/C32H24BFNO5P/c1-32(2)18-37-41(36,38-19-32)28-15-21-8-4-6-10-25(21)30-29-24-9-5-3-7-20(24)12-14-27(29)39-33(40-31(28)30)26-16-23(34)13-11-22(26)17-35/h3-16H,18-19H2,1-2H3. The van der Waals surface area contributed by atoms with Gasteiger partial charge in [-0.2, -0.15) is 5.26 Å². The van der Waals surface area contributed by atoms with Gasteiger partial charge in [-0.05, 0) is 51.9 Å². The van der Waals surface area contributed by atoms with E-state index in [4.69, 9.17) is 18.4 Å². The summed E-state index contributed by atoms with van der Waals surface area (Å²) in [7, 11) is -5.10. The Balaban J connectivity index is 1.59. The summed E-state index contributed by atoms with van der Waals surface area (Å²) in [5.41, 5.74) is 1.49. The zero-order valence-corrected chi connectivity index (χ0v) is 23.3. The van der Waals surface area contributed by atoms with Crippen molar-refractivity contribution in [1.82, 2.24) is 0 Å². The van der Waals surface area contributed by atoms with Crippen molar-refractivity contribution in [2.24, 2.45) is 5.41 Å². The van der Waals surface area contributed by atoms with Crippen molar-refractivity contribution in [3.05, 3.63) is 96.3 Å². The lowest BCUT2D eigenvalue weighted by Crippen LogP contribution is -2.45. The van der Waals surface area contributed by atoms with Crippen LogP contribution in [0.2, 0.25) is 0 Å². The van der Waals surface area contributed by atoms with Gasteiger partial charge in [-0.25, -0.2) is 4.39 Å². The molecular weight excluding hydrogens is 539 g/mol. The third-order valence-corrected chi connectivity index (χ3v) is 9.38. The third-order valence-electron chi connectivity index (χ3n) is 7.52. The summed E-state index contributed by atoms with van der Waals surface area (Å²) in [5, 5.41) is 13.6. The minimum absolute atomic E-state index is 0.197. The van der Waals surface area contributed by atoms with Crippen LogP contribution in [0.5, 0.6) is 11.5 Å². The van der Waals surface area contributed by atoms with Crippen molar-refractivity contribution in [2.75, 3.05) is 13.2 Å². The van der Waals surface area contributed by atoms with Gasteiger partial charge in [-0.1, -0.05) is 68.4 Å². The van der Waals surface area contributed by atoms with E-state index < -0.39 is 20.5 Å². The summed E-state index contributed by atoms with van der Waals surface area (Å²) in [4.78, 5) is 0. The van der Waals surface area contributed by atoms with Crippen LogP contribution >= 0.6 is 7.60 Å². The molecule has 202 valence electrons. The van der Waals surface area contributed by atoms with Gasteiger partial charge in [-0.3, -0.25) is 4.57 Å². The van der Waals surface area contributed by atoms with Crippen molar-refractivity contribution >= 4 is 47.0 Å². The first-order valence-electron chi connectivity index (χ1n) is 13.3. The highest BCUT2D eigenvalue weighted by Crippen LogP contribution is 2.58. The lowest BCUT2D eigenvalue weighted by molar-refractivity contribution is 0.0462. The first kappa shape index (κ1) is 25.8. The Morgan fingerprint density at radius 2 is 1.54 bits per heavy atom. The zero-order valence-electron chi connectivity index (χ0n) is 22.4. The van der Waals surface area contributed by atoms with Crippen LogP contribution in [0.4, 0.5) is 4.39 Å². The fourth-order valence-electron chi connectivity index (χ4n) is 5.43. The second-order valence-electron chi connectivity index (χ2n) is 11.1. The van der Waals surface area contributed by atoms with Crippen LogP contribution in [-0.4, -0.2) is 20.3 Å². The summed E-state index contributed by atoms with van der Waals surface area (Å²) in [5.74, 6) is 0.190. The molecule has 5 aromatic rings. The van der Waals surface area contributed by atoms with Gasteiger partial charge < -0.3 is 18.4 Å².